The van der Waals surface area contributed by atoms with Gasteiger partial charge in [0.05, 0.1) is 0 Å². The summed E-state index contributed by atoms with van der Waals surface area (Å²) in [5, 5.41) is 0. The second kappa shape index (κ2) is 4.26. The molecule has 1 heteroatoms. The van der Waals surface area contributed by atoms with E-state index in [9.17, 15) is 4.79 Å². The van der Waals surface area contributed by atoms with E-state index in [0.717, 1.165) is 12.3 Å². The Bertz CT molecular complexity index is 176. The Hall–Kier alpha value is -0.330. The molecule has 0 aromatic heterocycles. The number of carbonyl (C=O) groups is 1. The first kappa shape index (κ1) is 9.23. The number of rotatable bonds is 5. The molecule has 2 aliphatic carbocycles. The summed E-state index contributed by atoms with van der Waals surface area (Å²) in [4.78, 5) is 11.6. The lowest BCUT2D eigenvalue weighted by Crippen LogP contribution is -2.10. The first-order chi connectivity index (χ1) is 6.36. The van der Waals surface area contributed by atoms with Crippen LogP contribution in [-0.4, -0.2) is 5.78 Å². The lowest BCUT2D eigenvalue weighted by molar-refractivity contribution is -0.122. The molecule has 0 saturated heterocycles. The molecule has 0 N–H and O–H groups in total. The summed E-state index contributed by atoms with van der Waals surface area (Å²) in [6, 6.07) is 0. The topological polar surface area (TPSA) is 17.1 Å². The number of Topliss-reactive ketones (excluding diaryl/α,β-unsaturated/α-hetero) is 1. The van der Waals surface area contributed by atoms with Gasteiger partial charge in [0.2, 0.25) is 0 Å². The van der Waals surface area contributed by atoms with Crippen LogP contribution in [-0.2, 0) is 4.79 Å². The number of hydrogen-bond acceptors (Lipinski definition) is 1. The Labute approximate surface area is 80.9 Å². The third-order valence-electron chi connectivity index (χ3n) is 3.54. The van der Waals surface area contributed by atoms with Crippen molar-refractivity contribution in [2.75, 3.05) is 0 Å². The van der Waals surface area contributed by atoms with E-state index >= 15 is 0 Å². The molecule has 2 rings (SSSR count). The summed E-state index contributed by atoms with van der Waals surface area (Å²) >= 11 is 0. The fraction of sp³-hybridized carbons (Fsp3) is 0.917. The summed E-state index contributed by atoms with van der Waals surface area (Å²) in [7, 11) is 0. The monoisotopic (exact) mass is 180 g/mol. The van der Waals surface area contributed by atoms with Gasteiger partial charge in [0.25, 0.3) is 0 Å². The molecule has 74 valence electrons. The number of hydrogen-bond donors (Lipinski definition) is 0. The van der Waals surface area contributed by atoms with Crippen molar-refractivity contribution in [3.05, 3.63) is 0 Å². The normalized spacial score (nSPS) is 23.7. The van der Waals surface area contributed by atoms with Gasteiger partial charge in [0.15, 0.2) is 0 Å². The first-order valence-corrected chi connectivity index (χ1v) is 5.89. The zero-order valence-electron chi connectivity index (χ0n) is 8.43. The van der Waals surface area contributed by atoms with E-state index in [1.807, 2.05) is 0 Å². The second-order valence-electron chi connectivity index (χ2n) is 4.78. The molecule has 2 aliphatic rings. The van der Waals surface area contributed by atoms with Crippen LogP contribution in [0.15, 0.2) is 0 Å². The van der Waals surface area contributed by atoms with Crippen LogP contribution < -0.4 is 0 Å². The molecule has 0 bridgehead atoms. The molecule has 13 heavy (non-hydrogen) atoms. The summed E-state index contributed by atoms with van der Waals surface area (Å²) in [5.41, 5.74) is 0. The molecule has 2 fully saturated rings. The Morgan fingerprint density at radius 2 is 1.77 bits per heavy atom. The highest BCUT2D eigenvalue weighted by molar-refractivity contribution is 5.81. The van der Waals surface area contributed by atoms with Crippen molar-refractivity contribution in [1.29, 1.82) is 0 Å². The van der Waals surface area contributed by atoms with Gasteiger partial charge >= 0.3 is 0 Å². The molecular weight excluding hydrogens is 160 g/mol. The first-order valence-electron chi connectivity index (χ1n) is 5.89. The fourth-order valence-electron chi connectivity index (χ4n) is 2.42. The maximum absolute atomic E-state index is 11.6. The Balaban J connectivity index is 1.59. The average Bonchev–Trinajstić information content (AvgIpc) is 2.80. The standard InChI is InChI=1S/C12H20O/c13-12(11-5-1-2-6-11)7-3-4-10-8-9-10/h10-11H,1-9H2. The van der Waals surface area contributed by atoms with Crippen LogP contribution in [0.1, 0.15) is 57.8 Å². The minimum absolute atomic E-state index is 0.458. The highest BCUT2D eigenvalue weighted by atomic mass is 16.1. The predicted molar refractivity (Wildman–Crippen MR) is 53.5 cm³/mol. The molecule has 2 saturated carbocycles. The third-order valence-corrected chi connectivity index (χ3v) is 3.54. The van der Waals surface area contributed by atoms with Crippen molar-refractivity contribution < 1.29 is 4.79 Å². The summed E-state index contributed by atoms with van der Waals surface area (Å²) in [5.74, 6) is 2.02. The molecule has 0 aromatic rings. The van der Waals surface area contributed by atoms with Gasteiger partial charge in [-0.3, -0.25) is 4.79 Å². The van der Waals surface area contributed by atoms with Crippen molar-refractivity contribution in [1.82, 2.24) is 0 Å². The molecule has 0 spiro atoms. The van der Waals surface area contributed by atoms with Crippen molar-refractivity contribution in [2.24, 2.45) is 11.8 Å². The lowest BCUT2D eigenvalue weighted by Gasteiger charge is -2.06. The smallest absolute Gasteiger partial charge is 0.135 e. The Kier molecular flexibility index (Phi) is 3.02. The quantitative estimate of drug-likeness (QED) is 0.634. The van der Waals surface area contributed by atoms with Crippen LogP contribution in [0.25, 0.3) is 0 Å². The molecule has 0 radical (unpaired) electrons. The van der Waals surface area contributed by atoms with E-state index in [1.54, 1.807) is 0 Å². The van der Waals surface area contributed by atoms with Crippen LogP contribution in [0.4, 0.5) is 0 Å². The van der Waals surface area contributed by atoms with Crippen LogP contribution in [0.3, 0.4) is 0 Å². The van der Waals surface area contributed by atoms with Crippen molar-refractivity contribution in [2.45, 2.75) is 57.8 Å². The summed E-state index contributed by atoms with van der Waals surface area (Å²) in [6.45, 7) is 0. The van der Waals surface area contributed by atoms with E-state index in [0.29, 0.717) is 11.7 Å². The van der Waals surface area contributed by atoms with Crippen LogP contribution in [0.2, 0.25) is 0 Å². The molecule has 0 unspecified atom stereocenters. The van der Waals surface area contributed by atoms with Crippen LogP contribution in [0, 0.1) is 11.8 Å². The number of ketones is 1. The zero-order chi connectivity index (χ0) is 9.10. The van der Waals surface area contributed by atoms with Crippen molar-refractivity contribution in [3.63, 3.8) is 0 Å². The van der Waals surface area contributed by atoms with Gasteiger partial charge in [0.1, 0.15) is 5.78 Å². The highest BCUT2D eigenvalue weighted by Crippen LogP contribution is 2.34. The second-order valence-corrected chi connectivity index (χ2v) is 4.78. The minimum Gasteiger partial charge on any atom is -0.299 e. The van der Waals surface area contributed by atoms with Crippen LogP contribution in [0.5, 0.6) is 0 Å². The molecule has 0 heterocycles. The lowest BCUT2D eigenvalue weighted by atomic mass is 9.98. The van der Waals surface area contributed by atoms with E-state index in [2.05, 4.69) is 0 Å². The highest BCUT2D eigenvalue weighted by Gasteiger charge is 2.24. The molecule has 0 atom stereocenters. The average molecular weight is 180 g/mol. The fourth-order valence-corrected chi connectivity index (χ4v) is 2.42. The SMILES string of the molecule is O=C(CCCC1CC1)C1CCCC1. The minimum atomic E-state index is 0.458. The molecule has 1 nitrogen and oxygen atoms in total. The largest absolute Gasteiger partial charge is 0.299 e. The van der Waals surface area contributed by atoms with E-state index in [1.165, 1.54) is 51.4 Å². The third kappa shape index (κ3) is 2.82. The molecular formula is C12H20O. The van der Waals surface area contributed by atoms with Gasteiger partial charge < -0.3 is 0 Å². The summed E-state index contributed by atoms with van der Waals surface area (Å²) in [6.07, 6.45) is 11.2. The molecule has 0 aliphatic heterocycles. The number of carbonyl (C=O) groups excluding carboxylic acids is 1. The van der Waals surface area contributed by atoms with Crippen molar-refractivity contribution in [3.8, 4) is 0 Å². The van der Waals surface area contributed by atoms with Crippen LogP contribution >= 0.6 is 0 Å². The molecule has 0 amide bonds. The van der Waals surface area contributed by atoms with Gasteiger partial charge in [-0.15, -0.1) is 0 Å². The molecule has 0 aromatic carbocycles. The predicted octanol–water partition coefficient (Wildman–Crippen LogP) is 3.33. The van der Waals surface area contributed by atoms with Gasteiger partial charge in [-0.25, -0.2) is 0 Å². The Morgan fingerprint density at radius 3 is 2.38 bits per heavy atom. The van der Waals surface area contributed by atoms with Gasteiger partial charge in [0, 0.05) is 12.3 Å². The zero-order valence-corrected chi connectivity index (χ0v) is 8.43. The van der Waals surface area contributed by atoms with Gasteiger partial charge in [-0.2, -0.15) is 0 Å². The van der Waals surface area contributed by atoms with E-state index in [-0.39, 0.29) is 0 Å². The Morgan fingerprint density at radius 1 is 1.08 bits per heavy atom. The summed E-state index contributed by atoms with van der Waals surface area (Å²) < 4.78 is 0. The van der Waals surface area contributed by atoms with Gasteiger partial charge in [-0.1, -0.05) is 32.1 Å². The van der Waals surface area contributed by atoms with E-state index in [4.69, 9.17) is 0 Å². The van der Waals surface area contributed by atoms with Gasteiger partial charge in [-0.05, 0) is 25.2 Å². The van der Waals surface area contributed by atoms with Crippen molar-refractivity contribution >= 4 is 5.78 Å². The maximum Gasteiger partial charge on any atom is 0.135 e. The maximum atomic E-state index is 11.6. The van der Waals surface area contributed by atoms with E-state index < -0.39 is 0 Å².